The minimum absolute atomic E-state index is 0.0703. The maximum Gasteiger partial charge on any atom is 0.261 e. The highest BCUT2D eigenvalue weighted by molar-refractivity contribution is 7.99. The van der Waals surface area contributed by atoms with Gasteiger partial charge in [0.15, 0.2) is 0 Å². The average molecular weight is 383 g/mol. The minimum Gasteiger partial charge on any atom is -0.376 e. The molecule has 2 aromatic rings. The van der Waals surface area contributed by atoms with Gasteiger partial charge in [-0.1, -0.05) is 23.9 Å². The number of aromatic nitrogens is 1. The summed E-state index contributed by atoms with van der Waals surface area (Å²) in [5.41, 5.74) is 1.39. The maximum absolute atomic E-state index is 13.1. The van der Waals surface area contributed by atoms with Crippen molar-refractivity contribution in [2.45, 2.75) is 35.3 Å². The summed E-state index contributed by atoms with van der Waals surface area (Å²) in [4.78, 5) is 32.4. The first-order chi connectivity index (χ1) is 13.2. The van der Waals surface area contributed by atoms with Crippen LogP contribution in [0.1, 0.15) is 29.6 Å². The molecule has 1 fully saturated rings. The number of para-hydroxylation sites is 1. The Kier molecular flexibility index (Phi) is 5.40. The van der Waals surface area contributed by atoms with Crippen LogP contribution in [0.15, 0.2) is 52.5 Å². The Morgan fingerprint density at radius 1 is 1.30 bits per heavy atom. The number of nitrogens with zero attached hydrogens (tertiary/aromatic N) is 2. The van der Waals surface area contributed by atoms with Gasteiger partial charge in [0, 0.05) is 37.2 Å². The highest BCUT2D eigenvalue weighted by atomic mass is 32.2. The van der Waals surface area contributed by atoms with Crippen molar-refractivity contribution in [2.24, 2.45) is 0 Å². The summed E-state index contributed by atoms with van der Waals surface area (Å²) in [6.07, 6.45) is 4.08. The summed E-state index contributed by atoms with van der Waals surface area (Å²) in [5, 5.41) is 3.61. The number of hydrogen-bond acceptors (Lipinski definition) is 5. The van der Waals surface area contributed by atoms with Crippen molar-refractivity contribution in [3.8, 4) is 0 Å². The first-order valence-corrected chi connectivity index (χ1v) is 9.96. The van der Waals surface area contributed by atoms with Crippen LogP contribution < -0.4 is 10.2 Å². The van der Waals surface area contributed by atoms with E-state index in [4.69, 9.17) is 4.74 Å². The number of pyridine rings is 1. The molecule has 0 spiro atoms. The van der Waals surface area contributed by atoms with Crippen molar-refractivity contribution < 1.29 is 14.3 Å². The third-order valence-electron chi connectivity index (χ3n) is 4.72. The number of nitrogens with one attached hydrogen (secondary N) is 1. The summed E-state index contributed by atoms with van der Waals surface area (Å²) in [7, 11) is 0. The highest BCUT2D eigenvalue weighted by Crippen LogP contribution is 2.40. The molecular weight excluding hydrogens is 362 g/mol. The molecule has 0 aliphatic carbocycles. The van der Waals surface area contributed by atoms with Crippen LogP contribution in [0.2, 0.25) is 0 Å². The van der Waals surface area contributed by atoms with Crippen LogP contribution in [0.5, 0.6) is 0 Å². The second kappa shape index (κ2) is 8.10. The fourth-order valence-electron chi connectivity index (χ4n) is 3.32. The van der Waals surface area contributed by atoms with E-state index in [-0.39, 0.29) is 24.3 Å². The molecule has 7 heteroatoms. The molecule has 0 saturated carbocycles. The predicted molar refractivity (Wildman–Crippen MR) is 103 cm³/mol. The molecule has 0 bridgehead atoms. The Labute approximate surface area is 162 Å². The van der Waals surface area contributed by atoms with Crippen molar-refractivity contribution in [1.82, 2.24) is 10.3 Å². The standard InChI is InChI=1S/C20H21N3O3S/c24-18(22-13-14-5-4-12-26-14)9-11-23-16-7-1-2-8-17(16)27-19-15(20(23)25)6-3-10-21-19/h1-3,6-8,10,14H,4-5,9,11-13H2,(H,22,24). The largest absolute Gasteiger partial charge is 0.376 e. The third kappa shape index (κ3) is 3.99. The molecule has 3 heterocycles. The zero-order chi connectivity index (χ0) is 18.6. The monoisotopic (exact) mass is 383 g/mol. The van der Waals surface area contributed by atoms with Crippen LogP contribution in [0, 0.1) is 0 Å². The molecule has 27 heavy (non-hydrogen) atoms. The highest BCUT2D eigenvalue weighted by Gasteiger charge is 2.28. The van der Waals surface area contributed by atoms with Gasteiger partial charge in [-0.25, -0.2) is 4.98 Å². The number of fused-ring (bicyclic) bond motifs is 2. The lowest BCUT2D eigenvalue weighted by atomic mass is 10.2. The van der Waals surface area contributed by atoms with Crippen LogP contribution in [0.4, 0.5) is 5.69 Å². The zero-order valence-electron chi connectivity index (χ0n) is 14.9. The van der Waals surface area contributed by atoms with Crippen LogP contribution in [0.25, 0.3) is 0 Å². The van der Waals surface area contributed by atoms with Gasteiger partial charge in [0.2, 0.25) is 5.91 Å². The molecule has 2 aliphatic heterocycles. The van der Waals surface area contributed by atoms with E-state index in [9.17, 15) is 9.59 Å². The molecule has 6 nitrogen and oxygen atoms in total. The second-order valence-electron chi connectivity index (χ2n) is 6.57. The van der Waals surface area contributed by atoms with Gasteiger partial charge in [-0.3, -0.25) is 9.59 Å². The molecule has 1 aromatic carbocycles. The van der Waals surface area contributed by atoms with Crippen molar-refractivity contribution in [3.05, 3.63) is 48.2 Å². The second-order valence-corrected chi connectivity index (χ2v) is 7.60. The summed E-state index contributed by atoms with van der Waals surface area (Å²) >= 11 is 1.48. The van der Waals surface area contributed by atoms with Crippen molar-refractivity contribution in [3.63, 3.8) is 0 Å². The first kappa shape index (κ1) is 18.0. The zero-order valence-corrected chi connectivity index (χ0v) is 15.7. The van der Waals surface area contributed by atoms with Gasteiger partial charge < -0.3 is 15.0 Å². The molecule has 2 amide bonds. The first-order valence-electron chi connectivity index (χ1n) is 9.14. The summed E-state index contributed by atoms with van der Waals surface area (Å²) in [5.74, 6) is -0.193. The molecule has 1 unspecified atom stereocenters. The van der Waals surface area contributed by atoms with Gasteiger partial charge in [0.05, 0.1) is 17.4 Å². The van der Waals surface area contributed by atoms with E-state index in [1.165, 1.54) is 11.8 Å². The molecule has 2 aliphatic rings. The molecule has 1 atom stereocenters. The molecule has 140 valence electrons. The van der Waals surface area contributed by atoms with E-state index in [0.29, 0.717) is 23.7 Å². The molecule has 1 N–H and O–H groups in total. The number of rotatable bonds is 5. The summed E-state index contributed by atoms with van der Waals surface area (Å²) in [6, 6.07) is 11.3. The van der Waals surface area contributed by atoms with Crippen LogP contribution in [-0.4, -0.2) is 42.6 Å². The van der Waals surface area contributed by atoms with E-state index in [1.807, 2.05) is 24.3 Å². The van der Waals surface area contributed by atoms with E-state index in [1.54, 1.807) is 23.2 Å². The Morgan fingerprint density at radius 3 is 3.04 bits per heavy atom. The Balaban J connectivity index is 1.48. The topological polar surface area (TPSA) is 71.5 Å². The van der Waals surface area contributed by atoms with Crippen LogP contribution in [0.3, 0.4) is 0 Å². The van der Waals surface area contributed by atoms with Crippen LogP contribution in [-0.2, 0) is 9.53 Å². The van der Waals surface area contributed by atoms with Gasteiger partial charge in [-0.2, -0.15) is 0 Å². The SMILES string of the molecule is O=C(CCN1C(=O)c2cccnc2Sc2ccccc21)NCC1CCCO1. The number of ether oxygens (including phenoxy) is 1. The summed E-state index contributed by atoms with van der Waals surface area (Å²) < 4.78 is 5.53. The number of carbonyl (C=O) groups is 2. The number of benzene rings is 1. The van der Waals surface area contributed by atoms with E-state index in [0.717, 1.165) is 30.0 Å². The van der Waals surface area contributed by atoms with Gasteiger partial charge in [0.1, 0.15) is 5.03 Å². The lowest BCUT2D eigenvalue weighted by Gasteiger charge is -2.22. The predicted octanol–water partition coefficient (Wildman–Crippen LogP) is 2.88. The summed E-state index contributed by atoms with van der Waals surface area (Å²) in [6.45, 7) is 1.62. The Bertz CT molecular complexity index is 852. The lowest BCUT2D eigenvalue weighted by molar-refractivity contribution is -0.121. The molecule has 0 radical (unpaired) electrons. The van der Waals surface area contributed by atoms with Gasteiger partial charge >= 0.3 is 0 Å². The van der Waals surface area contributed by atoms with Crippen LogP contribution >= 0.6 is 11.8 Å². The fourth-order valence-corrected chi connectivity index (χ4v) is 4.33. The lowest BCUT2D eigenvalue weighted by Crippen LogP contribution is -2.37. The van der Waals surface area contributed by atoms with Gasteiger partial charge in [-0.15, -0.1) is 0 Å². The molecular formula is C20H21N3O3S. The third-order valence-corrected chi connectivity index (χ3v) is 5.81. The number of amides is 2. The quantitative estimate of drug-likeness (QED) is 0.860. The van der Waals surface area contributed by atoms with Crippen molar-refractivity contribution in [2.75, 3.05) is 24.6 Å². The normalized spacial score (nSPS) is 18.6. The number of anilines is 1. The van der Waals surface area contributed by atoms with Crippen molar-refractivity contribution in [1.29, 1.82) is 0 Å². The molecule has 4 rings (SSSR count). The minimum atomic E-state index is -0.123. The maximum atomic E-state index is 13.1. The fraction of sp³-hybridized carbons (Fsp3) is 0.350. The Morgan fingerprint density at radius 2 is 2.19 bits per heavy atom. The van der Waals surface area contributed by atoms with Gasteiger partial charge in [0.25, 0.3) is 5.91 Å². The van der Waals surface area contributed by atoms with E-state index >= 15 is 0 Å². The molecule has 1 saturated heterocycles. The van der Waals surface area contributed by atoms with E-state index < -0.39 is 0 Å². The van der Waals surface area contributed by atoms with Gasteiger partial charge in [-0.05, 0) is 37.1 Å². The average Bonchev–Trinajstić information content (AvgIpc) is 3.17. The number of hydrogen-bond donors (Lipinski definition) is 1. The number of carbonyl (C=O) groups excluding carboxylic acids is 2. The molecule has 1 aromatic heterocycles. The Hall–Kier alpha value is -2.38. The van der Waals surface area contributed by atoms with E-state index in [2.05, 4.69) is 10.3 Å². The van der Waals surface area contributed by atoms with Crippen molar-refractivity contribution >= 4 is 29.3 Å². The smallest absolute Gasteiger partial charge is 0.261 e.